The average molecular weight is 584 g/mol. The van der Waals surface area contributed by atoms with Gasteiger partial charge in [0, 0.05) is 18.1 Å². The predicted octanol–water partition coefficient (Wildman–Crippen LogP) is 4.38. The third-order valence-electron chi connectivity index (χ3n) is 4.78. The number of amides is 2. The molecule has 1 heterocycles. The van der Waals surface area contributed by atoms with Crippen molar-refractivity contribution in [3.8, 4) is 0 Å². The number of nitrogens with zero attached hydrogens (tertiary/aromatic N) is 2. The van der Waals surface area contributed by atoms with Gasteiger partial charge in [-0.25, -0.2) is 13.8 Å². The molecule has 0 aliphatic heterocycles. The van der Waals surface area contributed by atoms with Gasteiger partial charge in [0.05, 0.1) is 27.7 Å². The van der Waals surface area contributed by atoms with Crippen LogP contribution in [0.25, 0.3) is 0 Å². The predicted molar refractivity (Wildman–Crippen MR) is 142 cm³/mol. The maximum atomic E-state index is 13.5. The minimum atomic E-state index is -3.98. The van der Waals surface area contributed by atoms with Gasteiger partial charge < -0.3 is 9.73 Å². The van der Waals surface area contributed by atoms with Gasteiger partial charge in [-0.1, -0.05) is 46.9 Å². The van der Waals surface area contributed by atoms with Crippen molar-refractivity contribution in [2.45, 2.75) is 18.0 Å². The summed E-state index contributed by atoms with van der Waals surface area (Å²) in [6.45, 7) is 3.42. The lowest BCUT2D eigenvalue weighted by Gasteiger charge is -2.22. The summed E-state index contributed by atoms with van der Waals surface area (Å²) in [7, 11) is -3.98. The summed E-state index contributed by atoms with van der Waals surface area (Å²) in [5.74, 6) is -1.32. The topological polar surface area (TPSA) is 121 Å². The van der Waals surface area contributed by atoms with E-state index in [0.717, 1.165) is 0 Å². The Hall–Kier alpha value is -3.15. The average Bonchev–Trinajstić information content (AvgIpc) is 3.31. The van der Waals surface area contributed by atoms with Crippen molar-refractivity contribution >= 4 is 62.9 Å². The molecule has 3 aromatic rings. The first kappa shape index (κ1) is 28.4. The first-order valence-electron chi connectivity index (χ1n) is 10.6. The van der Waals surface area contributed by atoms with Gasteiger partial charge in [-0.2, -0.15) is 9.41 Å². The van der Waals surface area contributed by atoms with E-state index >= 15 is 0 Å². The Morgan fingerprint density at radius 2 is 1.70 bits per heavy atom. The summed E-state index contributed by atoms with van der Waals surface area (Å²) in [6.07, 6.45) is 2.61. The van der Waals surface area contributed by atoms with Crippen molar-refractivity contribution in [3.63, 3.8) is 0 Å². The fourth-order valence-corrected chi connectivity index (χ4v) is 4.84. The highest BCUT2D eigenvalue weighted by Gasteiger charge is 2.26. The number of carbonyl (C=O) groups excluding carboxylic acids is 2. The molecule has 37 heavy (non-hydrogen) atoms. The monoisotopic (exact) mass is 582 g/mol. The first-order chi connectivity index (χ1) is 17.6. The number of carbonyl (C=O) groups is 2. The van der Waals surface area contributed by atoms with Gasteiger partial charge in [-0.3, -0.25) is 9.59 Å². The molecule has 9 nitrogen and oxygen atoms in total. The largest absolute Gasteiger partial charge is 0.459 e. The molecule has 0 fully saturated rings. The minimum absolute atomic E-state index is 0.0259. The van der Waals surface area contributed by atoms with Crippen LogP contribution >= 0.6 is 34.8 Å². The number of halogens is 3. The molecule has 2 aromatic carbocycles. The van der Waals surface area contributed by atoms with Crippen molar-refractivity contribution in [2.75, 3.05) is 6.54 Å². The molecule has 0 spiro atoms. The fraction of sp³-hybridized carbons (Fsp3) is 0.125. The van der Waals surface area contributed by atoms with Gasteiger partial charge in [-0.15, -0.1) is 6.58 Å². The first-order valence-corrected chi connectivity index (χ1v) is 13.2. The van der Waals surface area contributed by atoms with Crippen LogP contribution < -0.4 is 10.7 Å². The molecule has 0 bridgehead atoms. The number of hydrogen-bond donors (Lipinski definition) is 2. The number of sulfonamides is 1. The Labute approximate surface area is 228 Å². The lowest BCUT2D eigenvalue weighted by Crippen LogP contribution is -2.37. The van der Waals surface area contributed by atoms with E-state index in [1.807, 2.05) is 0 Å². The van der Waals surface area contributed by atoms with E-state index in [2.05, 4.69) is 22.4 Å². The maximum absolute atomic E-state index is 13.5. The minimum Gasteiger partial charge on any atom is -0.459 e. The number of benzene rings is 2. The molecular formula is C24H21Cl3N4O5S. The lowest BCUT2D eigenvalue weighted by molar-refractivity contribution is -0.139. The van der Waals surface area contributed by atoms with Crippen LogP contribution in [0.15, 0.2) is 81.7 Å². The highest BCUT2D eigenvalue weighted by molar-refractivity contribution is 7.89. The Bertz CT molecular complexity index is 1420. The van der Waals surface area contributed by atoms with Crippen molar-refractivity contribution < 1.29 is 22.4 Å². The fourth-order valence-electron chi connectivity index (χ4n) is 3.00. The third-order valence-corrected chi connectivity index (χ3v) is 7.58. The van der Waals surface area contributed by atoms with Crippen LogP contribution in [0.3, 0.4) is 0 Å². The second kappa shape index (κ2) is 12.9. The van der Waals surface area contributed by atoms with Crippen LogP contribution in [0.5, 0.6) is 0 Å². The molecule has 0 unspecified atom stereocenters. The molecule has 13 heteroatoms. The molecule has 2 N–H and O–H groups in total. The van der Waals surface area contributed by atoms with Crippen LogP contribution in [0.4, 0.5) is 0 Å². The second-order valence-electron chi connectivity index (χ2n) is 7.48. The van der Waals surface area contributed by atoms with Gasteiger partial charge in [0.25, 0.3) is 0 Å². The van der Waals surface area contributed by atoms with Crippen LogP contribution in [0.1, 0.15) is 17.1 Å². The summed E-state index contributed by atoms with van der Waals surface area (Å²) in [4.78, 5) is 23.3. The summed E-state index contributed by atoms with van der Waals surface area (Å²) < 4.78 is 33.8. The summed E-state index contributed by atoms with van der Waals surface area (Å²) in [5.41, 5.74) is 2.68. The normalized spacial score (nSPS) is 11.6. The van der Waals surface area contributed by atoms with Gasteiger partial charge in [0.1, 0.15) is 11.5 Å². The van der Waals surface area contributed by atoms with E-state index < -0.39 is 21.8 Å². The van der Waals surface area contributed by atoms with Crippen LogP contribution in [-0.2, 0) is 32.7 Å². The van der Waals surface area contributed by atoms with E-state index in [9.17, 15) is 18.0 Å². The highest BCUT2D eigenvalue weighted by atomic mass is 35.5. The quantitative estimate of drug-likeness (QED) is 0.159. The van der Waals surface area contributed by atoms with Crippen LogP contribution in [-0.4, -0.2) is 37.3 Å². The van der Waals surface area contributed by atoms with Crippen LogP contribution in [0.2, 0.25) is 15.1 Å². The molecular weight excluding hydrogens is 563 g/mol. The molecule has 0 saturated heterocycles. The van der Waals surface area contributed by atoms with E-state index in [0.29, 0.717) is 26.4 Å². The van der Waals surface area contributed by atoms with Crippen molar-refractivity contribution in [1.82, 2.24) is 15.0 Å². The van der Waals surface area contributed by atoms with Crippen molar-refractivity contribution in [1.29, 1.82) is 0 Å². The smallest absolute Gasteiger partial charge is 0.329 e. The molecule has 194 valence electrons. The molecule has 0 atom stereocenters. The molecule has 2 amide bonds. The number of nitrogens with one attached hydrogen (secondary N) is 2. The summed E-state index contributed by atoms with van der Waals surface area (Å²) in [5, 5.41) is 7.02. The zero-order valence-corrected chi connectivity index (χ0v) is 22.2. The standard InChI is InChI=1S/C24H21Cl3N4O5S/c1-2-11-28-23(32)24(33)30-29-13-18-6-7-19(36-18)15-31(14-16-3-10-21(26)22(27)12-16)37(34,35)20-8-4-17(25)5-9-20/h2-10,12-13H,1,11,14-15H2,(H,28,32)(H,30,33)/b29-13+. The summed E-state index contributed by atoms with van der Waals surface area (Å²) in [6, 6.07) is 13.7. The molecule has 0 saturated carbocycles. The Balaban J connectivity index is 1.79. The Morgan fingerprint density at radius 1 is 0.973 bits per heavy atom. The van der Waals surface area contributed by atoms with E-state index in [1.165, 1.54) is 46.9 Å². The molecule has 0 radical (unpaired) electrons. The van der Waals surface area contributed by atoms with E-state index in [1.54, 1.807) is 24.3 Å². The maximum Gasteiger partial charge on any atom is 0.329 e. The highest BCUT2D eigenvalue weighted by Crippen LogP contribution is 2.27. The summed E-state index contributed by atoms with van der Waals surface area (Å²) >= 11 is 18.0. The number of furan rings is 1. The van der Waals surface area contributed by atoms with Gasteiger partial charge in [-0.05, 0) is 54.1 Å². The zero-order valence-electron chi connectivity index (χ0n) is 19.2. The van der Waals surface area contributed by atoms with E-state index in [4.69, 9.17) is 39.2 Å². The molecule has 3 rings (SSSR count). The number of hydrazone groups is 1. The van der Waals surface area contributed by atoms with E-state index in [-0.39, 0.29) is 30.3 Å². The van der Waals surface area contributed by atoms with Gasteiger partial charge >= 0.3 is 11.8 Å². The SMILES string of the molecule is C=CCNC(=O)C(=O)N/N=C/c1ccc(CN(Cc2ccc(Cl)c(Cl)c2)S(=O)(=O)c2ccc(Cl)cc2)o1. The van der Waals surface area contributed by atoms with Crippen LogP contribution in [0, 0.1) is 0 Å². The molecule has 1 aromatic heterocycles. The van der Waals surface area contributed by atoms with Gasteiger partial charge in [0.15, 0.2) is 0 Å². The van der Waals surface area contributed by atoms with Crippen molar-refractivity contribution in [2.24, 2.45) is 5.10 Å². The number of hydrogen-bond acceptors (Lipinski definition) is 6. The zero-order chi connectivity index (χ0) is 27.0. The second-order valence-corrected chi connectivity index (χ2v) is 10.7. The lowest BCUT2D eigenvalue weighted by atomic mass is 10.2. The Morgan fingerprint density at radius 3 is 2.38 bits per heavy atom. The Kier molecular flexibility index (Phi) is 9.90. The molecule has 0 aliphatic carbocycles. The number of rotatable bonds is 10. The third kappa shape index (κ3) is 7.91. The molecule has 0 aliphatic rings. The van der Waals surface area contributed by atoms with Crippen molar-refractivity contribution in [3.05, 3.63) is 99.4 Å². The van der Waals surface area contributed by atoms with Gasteiger partial charge in [0.2, 0.25) is 10.0 Å².